The Morgan fingerprint density at radius 3 is 2.48 bits per heavy atom. The molecule has 0 heterocycles. The quantitative estimate of drug-likeness (QED) is 0.482. The lowest BCUT2D eigenvalue weighted by atomic mass is 10.1. The molecule has 6 nitrogen and oxygen atoms in total. The highest BCUT2D eigenvalue weighted by atomic mass is 16.5. The summed E-state index contributed by atoms with van der Waals surface area (Å²) in [6.45, 7) is 0.296. The molecule has 6 heteroatoms. The first-order valence-corrected chi connectivity index (χ1v) is 8.94. The first kappa shape index (κ1) is 19.8. The molecule has 0 aliphatic rings. The maximum atomic E-state index is 11.9. The molecule has 1 atom stereocenters. The van der Waals surface area contributed by atoms with Gasteiger partial charge >= 0.3 is 0 Å². The highest BCUT2D eigenvalue weighted by Gasteiger charge is 2.15. The third-order valence-corrected chi connectivity index (χ3v) is 4.16. The van der Waals surface area contributed by atoms with Gasteiger partial charge in [0.15, 0.2) is 6.10 Å². The van der Waals surface area contributed by atoms with Crippen molar-refractivity contribution in [3.63, 3.8) is 0 Å². The van der Waals surface area contributed by atoms with E-state index in [1.807, 2.05) is 24.3 Å². The number of benzene rings is 3. The lowest BCUT2D eigenvalue weighted by molar-refractivity contribution is -0.129. The molecule has 0 fully saturated rings. The average molecular weight is 385 g/mol. The minimum Gasteiger partial charge on any atom is -0.489 e. The Morgan fingerprint density at radius 1 is 1.07 bits per heavy atom. The van der Waals surface area contributed by atoms with Gasteiger partial charge < -0.3 is 9.84 Å². The van der Waals surface area contributed by atoms with Gasteiger partial charge in [0.2, 0.25) is 0 Å². The van der Waals surface area contributed by atoms with Crippen LogP contribution in [0.1, 0.15) is 28.4 Å². The van der Waals surface area contributed by atoms with E-state index in [9.17, 15) is 9.90 Å². The molecular weight excluding hydrogens is 366 g/mol. The van der Waals surface area contributed by atoms with Crippen LogP contribution in [0.15, 0.2) is 84.0 Å². The van der Waals surface area contributed by atoms with Crippen molar-refractivity contribution in [1.82, 2.24) is 5.43 Å². The summed E-state index contributed by atoms with van der Waals surface area (Å²) in [5.74, 6) is 0.0435. The van der Waals surface area contributed by atoms with Crippen LogP contribution in [0, 0.1) is 11.3 Å². The van der Waals surface area contributed by atoms with Crippen molar-refractivity contribution in [3.8, 4) is 11.8 Å². The Balaban J connectivity index is 1.52. The van der Waals surface area contributed by atoms with Crippen molar-refractivity contribution in [2.24, 2.45) is 5.10 Å². The molecule has 2 N–H and O–H groups in total. The number of hydrogen-bond donors (Lipinski definition) is 2. The summed E-state index contributed by atoms with van der Waals surface area (Å²) in [5.41, 5.74) is 4.98. The maximum Gasteiger partial charge on any atom is 0.273 e. The average Bonchev–Trinajstić information content (AvgIpc) is 2.78. The molecule has 29 heavy (non-hydrogen) atoms. The molecule has 0 saturated heterocycles. The normalized spacial score (nSPS) is 11.6. The van der Waals surface area contributed by atoms with Crippen molar-refractivity contribution in [1.29, 1.82) is 5.26 Å². The third-order valence-electron chi connectivity index (χ3n) is 4.16. The first-order chi connectivity index (χ1) is 14.2. The van der Waals surface area contributed by atoms with E-state index in [0.29, 0.717) is 23.5 Å². The van der Waals surface area contributed by atoms with Gasteiger partial charge in [-0.1, -0.05) is 48.5 Å². The molecule has 3 aromatic carbocycles. The number of ether oxygens (including phenoxy) is 1. The second-order valence-electron chi connectivity index (χ2n) is 6.17. The number of rotatable bonds is 7. The maximum absolute atomic E-state index is 11.9. The Morgan fingerprint density at radius 2 is 1.76 bits per heavy atom. The Bertz CT molecular complexity index is 1030. The van der Waals surface area contributed by atoms with Gasteiger partial charge in [0.05, 0.1) is 17.8 Å². The topological polar surface area (TPSA) is 94.7 Å². The number of nitrogens with zero attached hydrogens (tertiary/aromatic N) is 2. The van der Waals surface area contributed by atoms with Crippen molar-refractivity contribution in [2.75, 3.05) is 0 Å². The van der Waals surface area contributed by atoms with E-state index < -0.39 is 12.0 Å². The molecule has 3 rings (SSSR count). The van der Waals surface area contributed by atoms with Gasteiger partial charge in [0.1, 0.15) is 12.4 Å². The zero-order valence-corrected chi connectivity index (χ0v) is 15.5. The van der Waals surface area contributed by atoms with Crippen LogP contribution in [0.3, 0.4) is 0 Å². The summed E-state index contributed by atoms with van der Waals surface area (Å²) in [7, 11) is 0. The number of aliphatic hydroxyl groups excluding tert-OH is 1. The molecule has 0 bridgehead atoms. The lowest BCUT2D eigenvalue weighted by Gasteiger charge is -2.09. The molecule has 1 unspecified atom stereocenters. The van der Waals surface area contributed by atoms with Gasteiger partial charge in [0, 0.05) is 5.56 Å². The molecule has 0 aliphatic carbocycles. The number of nitrogens with one attached hydrogen (secondary N) is 1. The van der Waals surface area contributed by atoms with Crippen molar-refractivity contribution in [2.45, 2.75) is 12.7 Å². The standard InChI is InChI=1S/C23H19N3O3/c24-14-19-8-4-5-9-20(19)16-29-21-12-10-17(11-13-21)15-25-26-23(28)22(27)18-6-2-1-3-7-18/h1-13,15,22,27H,16H2,(H,26,28)/b25-15+. The van der Waals surface area contributed by atoms with Crippen molar-refractivity contribution in [3.05, 3.63) is 101 Å². The Labute approximate surface area is 168 Å². The highest BCUT2D eigenvalue weighted by Crippen LogP contribution is 2.15. The summed E-state index contributed by atoms with van der Waals surface area (Å²) in [5, 5.41) is 23.0. The minimum atomic E-state index is -1.28. The van der Waals surface area contributed by atoms with Gasteiger partial charge in [-0.25, -0.2) is 5.43 Å². The third kappa shape index (κ3) is 5.51. The number of carbonyl (C=O) groups is 1. The van der Waals surface area contributed by atoms with E-state index in [1.165, 1.54) is 6.21 Å². The SMILES string of the molecule is N#Cc1ccccc1COc1ccc(/C=N/NC(=O)C(O)c2ccccc2)cc1. The number of hydrazone groups is 1. The minimum absolute atomic E-state index is 0.296. The molecule has 3 aromatic rings. The Kier molecular flexibility index (Phi) is 6.71. The van der Waals surface area contributed by atoms with Crippen LogP contribution < -0.4 is 10.2 Å². The number of amides is 1. The second-order valence-corrected chi connectivity index (χ2v) is 6.17. The molecule has 0 saturated carbocycles. The summed E-state index contributed by atoms with van der Waals surface area (Å²) in [6.07, 6.45) is 0.199. The van der Waals surface area contributed by atoms with E-state index in [-0.39, 0.29) is 0 Å². The predicted molar refractivity (Wildman–Crippen MR) is 109 cm³/mol. The fourth-order valence-electron chi connectivity index (χ4n) is 2.58. The number of hydrogen-bond acceptors (Lipinski definition) is 5. The van der Waals surface area contributed by atoms with Gasteiger partial charge in [-0.05, 0) is 41.5 Å². The highest BCUT2D eigenvalue weighted by molar-refractivity contribution is 5.85. The van der Waals surface area contributed by atoms with Crippen LogP contribution in [0.2, 0.25) is 0 Å². The molecule has 0 radical (unpaired) electrons. The first-order valence-electron chi connectivity index (χ1n) is 8.94. The van der Waals surface area contributed by atoms with Crippen LogP contribution in [0.4, 0.5) is 0 Å². The van der Waals surface area contributed by atoms with Crippen molar-refractivity contribution < 1.29 is 14.6 Å². The fourth-order valence-corrected chi connectivity index (χ4v) is 2.58. The summed E-state index contributed by atoms with van der Waals surface area (Å²) >= 11 is 0. The van der Waals surface area contributed by atoms with Gasteiger partial charge in [-0.3, -0.25) is 4.79 Å². The predicted octanol–water partition coefficient (Wildman–Crippen LogP) is 3.32. The largest absolute Gasteiger partial charge is 0.489 e. The monoisotopic (exact) mass is 385 g/mol. The number of carbonyl (C=O) groups excluding carboxylic acids is 1. The Hall–Kier alpha value is -3.95. The van der Waals surface area contributed by atoms with E-state index in [1.54, 1.807) is 54.6 Å². The van der Waals surface area contributed by atoms with Gasteiger partial charge in [-0.2, -0.15) is 10.4 Å². The lowest BCUT2D eigenvalue weighted by Crippen LogP contribution is -2.25. The van der Waals surface area contributed by atoms with Crippen LogP contribution in [0.25, 0.3) is 0 Å². The van der Waals surface area contributed by atoms with Crippen LogP contribution in [0.5, 0.6) is 5.75 Å². The molecular formula is C23H19N3O3. The molecule has 0 spiro atoms. The fraction of sp³-hybridized carbons (Fsp3) is 0.0870. The zero-order chi connectivity index (χ0) is 20.5. The summed E-state index contributed by atoms with van der Waals surface area (Å²) in [4.78, 5) is 11.9. The zero-order valence-electron chi connectivity index (χ0n) is 15.5. The van der Waals surface area contributed by atoms with E-state index >= 15 is 0 Å². The second kappa shape index (κ2) is 9.83. The molecule has 1 amide bonds. The van der Waals surface area contributed by atoms with Crippen LogP contribution in [-0.4, -0.2) is 17.2 Å². The van der Waals surface area contributed by atoms with Crippen LogP contribution >= 0.6 is 0 Å². The number of aliphatic hydroxyl groups is 1. The van der Waals surface area contributed by atoms with E-state index in [0.717, 1.165) is 11.1 Å². The molecule has 144 valence electrons. The summed E-state index contributed by atoms with van der Waals surface area (Å²) in [6, 6.07) is 25.2. The van der Waals surface area contributed by atoms with Crippen LogP contribution in [-0.2, 0) is 11.4 Å². The molecule has 0 aromatic heterocycles. The number of nitriles is 1. The smallest absolute Gasteiger partial charge is 0.273 e. The van der Waals surface area contributed by atoms with Crippen molar-refractivity contribution >= 4 is 12.1 Å². The van der Waals surface area contributed by atoms with E-state index in [2.05, 4.69) is 16.6 Å². The van der Waals surface area contributed by atoms with Gasteiger partial charge in [0.25, 0.3) is 5.91 Å². The molecule has 0 aliphatic heterocycles. The summed E-state index contributed by atoms with van der Waals surface area (Å²) < 4.78 is 5.71. The van der Waals surface area contributed by atoms with E-state index in [4.69, 9.17) is 10.00 Å². The van der Waals surface area contributed by atoms with Gasteiger partial charge in [-0.15, -0.1) is 0 Å².